The third-order valence-electron chi connectivity index (χ3n) is 3.15. The summed E-state index contributed by atoms with van der Waals surface area (Å²) in [6, 6.07) is 7.35. The predicted octanol–water partition coefficient (Wildman–Crippen LogP) is 3.23. The highest BCUT2D eigenvalue weighted by Gasteiger charge is 2.28. The van der Waals surface area contributed by atoms with Crippen LogP contribution in [0.5, 0.6) is 0 Å². The summed E-state index contributed by atoms with van der Waals surface area (Å²) in [4.78, 5) is 15.6. The van der Waals surface area contributed by atoms with Gasteiger partial charge in [0.2, 0.25) is 11.7 Å². The van der Waals surface area contributed by atoms with Crippen LogP contribution in [0.1, 0.15) is 31.1 Å². The fourth-order valence-electron chi connectivity index (χ4n) is 2.18. The summed E-state index contributed by atoms with van der Waals surface area (Å²) >= 11 is 6.08. The van der Waals surface area contributed by atoms with Crippen LogP contribution in [-0.2, 0) is 4.79 Å². The Morgan fingerprint density at radius 3 is 2.89 bits per heavy atom. The van der Waals surface area contributed by atoms with Crippen LogP contribution in [0.15, 0.2) is 28.8 Å². The van der Waals surface area contributed by atoms with E-state index in [-0.39, 0.29) is 11.7 Å². The molecule has 0 spiro atoms. The van der Waals surface area contributed by atoms with Crippen LogP contribution < -0.4 is 0 Å². The van der Waals surface area contributed by atoms with Gasteiger partial charge < -0.3 is 4.52 Å². The predicted molar refractivity (Wildman–Crippen MR) is 66.3 cm³/mol. The highest BCUT2D eigenvalue weighted by molar-refractivity contribution is 6.33. The lowest BCUT2D eigenvalue weighted by molar-refractivity contribution is -0.117. The maximum Gasteiger partial charge on any atom is 0.230 e. The van der Waals surface area contributed by atoms with E-state index in [9.17, 15) is 4.79 Å². The lowest BCUT2D eigenvalue weighted by Crippen LogP contribution is -1.94. The molecule has 0 radical (unpaired) electrons. The second-order valence-corrected chi connectivity index (χ2v) is 4.82. The SMILES string of the molecule is O=C1CC[C@H](c2nc(-c3ccccc3Cl)no2)C1. The summed E-state index contributed by atoms with van der Waals surface area (Å²) in [5.41, 5.74) is 0.749. The topological polar surface area (TPSA) is 56.0 Å². The van der Waals surface area contributed by atoms with E-state index in [4.69, 9.17) is 16.1 Å². The molecular formula is C13H11ClN2O2. The molecule has 0 unspecified atom stereocenters. The summed E-state index contributed by atoms with van der Waals surface area (Å²) in [5, 5.41) is 4.53. The van der Waals surface area contributed by atoms with Gasteiger partial charge in [0.05, 0.1) is 5.02 Å². The van der Waals surface area contributed by atoms with Gasteiger partial charge in [0.25, 0.3) is 0 Å². The zero-order valence-electron chi connectivity index (χ0n) is 9.60. The number of rotatable bonds is 2. The number of benzene rings is 1. The van der Waals surface area contributed by atoms with Crippen LogP contribution in [-0.4, -0.2) is 15.9 Å². The van der Waals surface area contributed by atoms with E-state index in [1.165, 1.54) is 0 Å². The number of ketones is 1. The van der Waals surface area contributed by atoms with Crippen LogP contribution in [0.4, 0.5) is 0 Å². The first kappa shape index (κ1) is 11.4. The number of Topliss-reactive ketones (excluding diaryl/α,β-unsaturated/α-hetero) is 1. The third kappa shape index (κ3) is 2.04. The average molecular weight is 263 g/mol. The Balaban J connectivity index is 1.90. The molecule has 0 N–H and O–H groups in total. The van der Waals surface area contributed by atoms with Crippen LogP contribution in [0.25, 0.3) is 11.4 Å². The highest BCUT2D eigenvalue weighted by atomic mass is 35.5. The lowest BCUT2D eigenvalue weighted by Gasteiger charge is -1.99. The van der Waals surface area contributed by atoms with Crippen molar-refractivity contribution in [1.29, 1.82) is 0 Å². The van der Waals surface area contributed by atoms with E-state index in [2.05, 4.69) is 10.1 Å². The second-order valence-electron chi connectivity index (χ2n) is 4.41. The molecule has 1 aromatic heterocycles. The Hall–Kier alpha value is -1.68. The van der Waals surface area contributed by atoms with Gasteiger partial charge in [-0.15, -0.1) is 0 Å². The molecule has 5 heteroatoms. The van der Waals surface area contributed by atoms with Gasteiger partial charge in [-0.3, -0.25) is 4.79 Å². The fraction of sp³-hybridized carbons (Fsp3) is 0.308. The zero-order chi connectivity index (χ0) is 12.5. The third-order valence-corrected chi connectivity index (χ3v) is 3.48. The van der Waals surface area contributed by atoms with E-state index >= 15 is 0 Å². The van der Waals surface area contributed by atoms with Crippen LogP contribution >= 0.6 is 11.6 Å². The highest BCUT2D eigenvalue weighted by Crippen LogP contribution is 2.33. The molecule has 2 aromatic rings. The lowest BCUT2D eigenvalue weighted by atomic mass is 10.1. The number of aromatic nitrogens is 2. The number of halogens is 1. The molecule has 1 atom stereocenters. The van der Waals surface area contributed by atoms with Crippen molar-refractivity contribution in [2.24, 2.45) is 0 Å². The van der Waals surface area contributed by atoms with Gasteiger partial charge in [0.15, 0.2) is 0 Å². The van der Waals surface area contributed by atoms with Crippen molar-refractivity contribution in [3.63, 3.8) is 0 Å². The Labute approximate surface area is 109 Å². The molecule has 0 saturated heterocycles. The first-order chi connectivity index (χ1) is 8.74. The van der Waals surface area contributed by atoms with Gasteiger partial charge in [-0.1, -0.05) is 28.9 Å². The van der Waals surface area contributed by atoms with E-state index in [1.807, 2.05) is 18.2 Å². The summed E-state index contributed by atoms with van der Waals surface area (Å²) in [6.45, 7) is 0. The van der Waals surface area contributed by atoms with Gasteiger partial charge in [0.1, 0.15) is 5.78 Å². The summed E-state index contributed by atoms with van der Waals surface area (Å²) in [6.07, 6.45) is 1.90. The van der Waals surface area contributed by atoms with Crippen molar-refractivity contribution in [3.8, 4) is 11.4 Å². The average Bonchev–Trinajstić information content (AvgIpc) is 2.98. The number of hydrogen-bond donors (Lipinski definition) is 0. The minimum Gasteiger partial charge on any atom is -0.339 e. The smallest absolute Gasteiger partial charge is 0.230 e. The molecule has 1 aliphatic rings. The van der Waals surface area contributed by atoms with E-state index in [0.717, 1.165) is 12.0 Å². The summed E-state index contributed by atoms with van der Waals surface area (Å²) < 4.78 is 5.23. The van der Waals surface area contributed by atoms with Gasteiger partial charge in [-0.2, -0.15) is 4.98 Å². The largest absolute Gasteiger partial charge is 0.339 e. The van der Waals surface area contributed by atoms with E-state index < -0.39 is 0 Å². The molecule has 4 nitrogen and oxygen atoms in total. The van der Waals surface area contributed by atoms with Gasteiger partial charge in [0, 0.05) is 24.3 Å². The van der Waals surface area contributed by atoms with Gasteiger partial charge in [-0.25, -0.2) is 0 Å². The van der Waals surface area contributed by atoms with Gasteiger partial charge in [-0.05, 0) is 18.6 Å². The number of carbonyl (C=O) groups is 1. The van der Waals surface area contributed by atoms with E-state index in [1.54, 1.807) is 6.07 Å². The molecular weight excluding hydrogens is 252 g/mol. The minimum absolute atomic E-state index is 0.0706. The van der Waals surface area contributed by atoms with Gasteiger partial charge >= 0.3 is 0 Å². The Morgan fingerprint density at radius 1 is 1.33 bits per heavy atom. The molecule has 92 valence electrons. The monoisotopic (exact) mass is 262 g/mol. The number of carbonyl (C=O) groups excluding carboxylic acids is 1. The maximum atomic E-state index is 11.2. The summed E-state index contributed by atoms with van der Waals surface area (Å²) in [7, 11) is 0. The second kappa shape index (κ2) is 4.53. The number of hydrogen-bond acceptors (Lipinski definition) is 4. The van der Waals surface area contributed by atoms with Crippen LogP contribution in [0.3, 0.4) is 0 Å². The Morgan fingerprint density at radius 2 is 2.17 bits per heavy atom. The quantitative estimate of drug-likeness (QED) is 0.834. The van der Waals surface area contributed by atoms with Crippen molar-refractivity contribution in [1.82, 2.24) is 10.1 Å². The molecule has 0 aliphatic heterocycles. The van der Waals surface area contributed by atoms with E-state index in [0.29, 0.717) is 29.6 Å². The maximum absolute atomic E-state index is 11.2. The molecule has 1 fully saturated rings. The molecule has 1 heterocycles. The Kier molecular flexibility index (Phi) is 2.88. The normalized spacial score (nSPS) is 19.4. The Bertz CT molecular complexity index is 594. The summed E-state index contributed by atoms with van der Waals surface area (Å²) in [5.74, 6) is 1.35. The molecule has 0 bridgehead atoms. The zero-order valence-corrected chi connectivity index (χ0v) is 10.4. The fourth-order valence-corrected chi connectivity index (χ4v) is 2.40. The molecule has 0 amide bonds. The van der Waals surface area contributed by atoms with Crippen molar-refractivity contribution >= 4 is 17.4 Å². The number of nitrogens with zero attached hydrogens (tertiary/aromatic N) is 2. The first-order valence-corrected chi connectivity index (χ1v) is 6.22. The van der Waals surface area contributed by atoms with Crippen LogP contribution in [0, 0.1) is 0 Å². The molecule has 1 aliphatic carbocycles. The van der Waals surface area contributed by atoms with Crippen molar-refractivity contribution in [3.05, 3.63) is 35.2 Å². The molecule has 3 rings (SSSR count). The minimum atomic E-state index is 0.0706. The van der Waals surface area contributed by atoms with Crippen molar-refractivity contribution in [2.45, 2.75) is 25.2 Å². The molecule has 1 saturated carbocycles. The standard InChI is InChI=1S/C13H11ClN2O2/c14-11-4-2-1-3-10(11)12-15-13(18-16-12)8-5-6-9(17)7-8/h1-4,8H,5-7H2/t8-/m0/s1. The first-order valence-electron chi connectivity index (χ1n) is 5.84. The molecule has 18 heavy (non-hydrogen) atoms. The molecule has 1 aromatic carbocycles. The van der Waals surface area contributed by atoms with Crippen molar-refractivity contribution < 1.29 is 9.32 Å². The van der Waals surface area contributed by atoms with Crippen LogP contribution in [0.2, 0.25) is 5.02 Å². The van der Waals surface area contributed by atoms with Crippen molar-refractivity contribution in [2.75, 3.05) is 0 Å².